The minimum absolute atomic E-state index is 0.0572. The first-order valence-corrected chi connectivity index (χ1v) is 14.1. The number of unbranched alkanes of at least 4 members (excludes halogenated alkanes) is 1. The molecule has 4 aromatic rings. The topological polar surface area (TPSA) is 6.25 Å². The molecule has 2 heteroatoms. The van der Waals surface area contributed by atoms with Crippen molar-refractivity contribution in [3.8, 4) is 0 Å². The van der Waals surface area contributed by atoms with Crippen molar-refractivity contribution in [1.82, 2.24) is 0 Å². The molecule has 0 aromatic heterocycles. The Hall–Kier alpha value is -3.65. The smallest absolute Gasteiger partial charge is 0.217 e. The standard InChI is InChI=1S/C36H39N2/c1-7-8-24-38-32(36(4,5)30-23-21-26-15-10-12-17-28(26)34(30)38)19-13-18-31-35(2,3)29-22-20-25-14-9-11-16-27(25)33(29)37(31)6/h9-23H,7-8,24H2,1-6H3/q+1. The van der Waals surface area contributed by atoms with Gasteiger partial charge in [-0.25, -0.2) is 0 Å². The molecular formula is C36H39N2+. The number of nitrogens with zero attached hydrogens (tertiary/aromatic N) is 2. The molecule has 0 saturated carbocycles. The van der Waals surface area contributed by atoms with Gasteiger partial charge in [0.05, 0.1) is 16.5 Å². The van der Waals surface area contributed by atoms with Crippen molar-refractivity contribution in [3.63, 3.8) is 0 Å². The third-order valence-corrected chi connectivity index (χ3v) is 8.93. The second-order valence-electron chi connectivity index (χ2n) is 12.0. The van der Waals surface area contributed by atoms with Gasteiger partial charge < -0.3 is 4.90 Å². The summed E-state index contributed by atoms with van der Waals surface area (Å²) in [5, 5.41) is 5.29. The van der Waals surface area contributed by atoms with Crippen LogP contribution < -0.4 is 4.90 Å². The van der Waals surface area contributed by atoms with Gasteiger partial charge in [0.1, 0.15) is 7.05 Å². The van der Waals surface area contributed by atoms with Gasteiger partial charge >= 0.3 is 0 Å². The van der Waals surface area contributed by atoms with E-state index in [9.17, 15) is 0 Å². The summed E-state index contributed by atoms with van der Waals surface area (Å²) in [6.07, 6.45) is 9.38. The van der Waals surface area contributed by atoms with Crippen molar-refractivity contribution in [2.45, 2.75) is 58.3 Å². The van der Waals surface area contributed by atoms with E-state index >= 15 is 0 Å². The summed E-state index contributed by atoms with van der Waals surface area (Å²) in [5.74, 6) is 0. The van der Waals surface area contributed by atoms with Gasteiger partial charge in [0.25, 0.3) is 0 Å². The van der Waals surface area contributed by atoms with Crippen molar-refractivity contribution < 1.29 is 4.58 Å². The van der Waals surface area contributed by atoms with Crippen LogP contribution in [0.2, 0.25) is 0 Å². The van der Waals surface area contributed by atoms with E-state index < -0.39 is 0 Å². The molecule has 2 aliphatic rings. The molecule has 0 radical (unpaired) electrons. The van der Waals surface area contributed by atoms with Crippen molar-refractivity contribution in [3.05, 3.63) is 108 Å². The van der Waals surface area contributed by atoms with Crippen LogP contribution in [0.1, 0.15) is 58.6 Å². The fourth-order valence-corrected chi connectivity index (χ4v) is 6.84. The lowest BCUT2D eigenvalue weighted by molar-refractivity contribution is -0.399. The van der Waals surface area contributed by atoms with Gasteiger partial charge in [0.2, 0.25) is 5.69 Å². The van der Waals surface area contributed by atoms with Crippen LogP contribution in [0.3, 0.4) is 0 Å². The fourth-order valence-electron chi connectivity index (χ4n) is 6.84. The summed E-state index contributed by atoms with van der Waals surface area (Å²) >= 11 is 0. The van der Waals surface area contributed by atoms with Gasteiger partial charge in [-0.15, -0.1) is 0 Å². The first-order chi connectivity index (χ1) is 18.3. The van der Waals surface area contributed by atoms with Crippen molar-refractivity contribution in [1.29, 1.82) is 0 Å². The molecule has 0 aliphatic carbocycles. The fraction of sp³-hybridized carbons (Fsp3) is 0.306. The van der Waals surface area contributed by atoms with Crippen LogP contribution in [-0.2, 0) is 10.8 Å². The zero-order valence-electron chi connectivity index (χ0n) is 23.7. The van der Waals surface area contributed by atoms with E-state index in [0.29, 0.717) is 0 Å². The van der Waals surface area contributed by atoms with Crippen LogP contribution in [0.25, 0.3) is 21.5 Å². The van der Waals surface area contributed by atoms with Crippen molar-refractivity contribution >= 4 is 38.6 Å². The van der Waals surface area contributed by atoms with Crippen LogP contribution in [0.5, 0.6) is 0 Å². The number of anilines is 1. The average molecular weight is 500 g/mol. The van der Waals surface area contributed by atoms with Gasteiger partial charge in [-0.05, 0) is 48.7 Å². The molecule has 2 aliphatic heterocycles. The number of hydrogen-bond acceptors (Lipinski definition) is 1. The molecule has 0 atom stereocenters. The lowest BCUT2D eigenvalue weighted by Crippen LogP contribution is -2.27. The molecule has 0 saturated heterocycles. The van der Waals surface area contributed by atoms with Crippen LogP contribution in [0.15, 0.2) is 96.7 Å². The largest absolute Gasteiger partial charge is 0.343 e. The van der Waals surface area contributed by atoms with Gasteiger partial charge in [0, 0.05) is 34.7 Å². The van der Waals surface area contributed by atoms with Gasteiger partial charge in [-0.3, -0.25) is 0 Å². The van der Waals surface area contributed by atoms with E-state index in [1.165, 1.54) is 68.3 Å². The second-order valence-corrected chi connectivity index (χ2v) is 12.0. The SMILES string of the molecule is CCCCN1/C(=C/C=C/C2=[N+](C)c3c(ccc4ccccc34)C2(C)C)C(C)(C)c2ccc3ccccc3c21. The Balaban J connectivity index is 1.45. The van der Waals surface area contributed by atoms with Crippen LogP contribution in [0.4, 0.5) is 11.4 Å². The highest BCUT2D eigenvalue weighted by Crippen LogP contribution is 2.51. The molecular weight excluding hydrogens is 460 g/mol. The Morgan fingerprint density at radius 2 is 1.39 bits per heavy atom. The van der Waals surface area contributed by atoms with E-state index in [4.69, 9.17) is 0 Å². The highest BCUT2D eigenvalue weighted by molar-refractivity contribution is 6.07. The van der Waals surface area contributed by atoms with Gasteiger partial charge in [0.15, 0.2) is 5.71 Å². The van der Waals surface area contributed by atoms with Crippen molar-refractivity contribution in [2.24, 2.45) is 0 Å². The van der Waals surface area contributed by atoms with Gasteiger partial charge in [-0.2, -0.15) is 4.58 Å². The summed E-state index contributed by atoms with van der Waals surface area (Å²) in [6.45, 7) is 12.8. The first-order valence-electron chi connectivity index (χ1n) is 14.1. The molecule has 0 bridgehead atoms. The normalized spacial score (nSPS) is 18.8. The Kier molecular flexibility index (Phi) is 5.83. The zero-order valence-corrected chi connectivity index (χ0v) is 23.7. The molecule has 2 heterocycles. The first kappa shape index (κ1) is 24.7. The molecule has 0 unspecified atom stereocenters. The lowest BCUT2D eigenvalue weighted by atomic mass is 9.80. The second kappa shape index (κ2) is 8.98. The Labute approximate surface area is 227 Å². The maximum atomic E-state index is 2.60. The van der Waals surface area contributed by atoms with E-state index in [1.54, 1.807) is 0 Å². The van der Waals surface area contributed by atoms with E-state index in [0.717, 1.165) is 6.54 Å². The molecule has 0 fully saturated rings. The van der Waals surface area contributed by atoms with Crippen molar-refractivity contribution in [2.75, 3.05) is 18.5 Å². The third kappa shape index (κ3) is 3.57. The molecule has 0 spiro atoms. The Morgan fingerprint density at radius 1 is 0.763 bits per heavy atom. The highest BCUT2D eigenvalue weighted by atomic mass is 15.2. The lowest BCUT2D eigenvalue weighted by Gasteiger charge is -2.27. The molecule has 38 heavy (non-hydrogen) atoms. The molecule has 2 nitrogen and oxygen atoms in total. The van der Waals surface area contributed by atoms with E-state index in [-0.39, 0.29) is 10.8 Å². The highest BCUT2D eigenvalue weighted by Gasteiger charge is 2.44. The predicted octanol–water partition coefficient (Wildman–Crippen LogP) is 9.04. The van der Waals surface area contributed by atoms with Crippen LogP contribution in [-0.4, -0.2) is 23.9 Å². The quantitative estimate of drug-likeness (QED) is 0.248. The number of hydrogen-bond donors (Lipinski definition) is 0. The maximum absolute atomic E-state index is 2.60. The monoisotopic (exact) mass is 499 g/mol. The number of allylic oxidation sites excluding steroid dienone is 4. The summed E-state index contributed by atoms with van der Waals surface area (Å²) in [6, 6.07) is 26.8. The van der Waals surface area contributed by atoms with Crippen LogP contribution in [0, 0.1) is 0 Å². The number of rotatable bonds is 5. The summed E-state index contributed by atoms with van der Waals surface area (Å²) < 4.78 is 2.41. The minimum Gasteiger partial charge on any atom is -0.343 e. The molecule has 0 amide bonds. The summed E-state index contributed by atoms with van der Waals surface area (Å²) in [7, 11) is 2.22. The third-order valence-electron chi connectivity index (χ3n) is 8.93. The number of benzene rings is 4. The molecule has 192 valence electrons. The Bertz CT molecular complexity index is 1660. The summed E-state index contributed by atoms with van der Waals surface area (Å²) in [4.78, 5) is 2.60. The van der Waals surface area contributed by atoms with Gasteiger partial charge in [-0.1, -0.05) is 100.0 Å². The molecule has 6 rings (SSSR count). The van der Waals surface area contributed by atoms with Crippen LogP contribution >= 0.6 is 0 Å². The number of fused-ring (bicyclic) bond motifs is 6. The molecule has 4 aromatic carbocycles. The minimum atomic E-state index is -0.0601. The zero-order chi connectivity index (χ0) is 26.7. The van der Waals surface area contributed by atoms with E-state index in [2.05, 4.69) is 142 Å². The predicted molar refractivity (Wildman–Crippen MR) is 164 cm³/mol. The average Bonchev–Trinajstić information content (AvgIpc) is 3.26. The maximum Gasteiger partial charge on any atom is 0.217 e. The van der Waals surface area contributed by atoms with E-state index in [1.807, 2.05) is 0 Å². The molecule has 0 N–H and O–H groups in total. The Morgan fingerprint density at radius 3 is 2.11 bits per heavy atom. The summed E-state index contributed by atoms with van der Waals surface area (Å²) in [5.41, 5.74) is 8.16.